The molecule has 1 aliphatic heterocycles. The molecule has 0 radical (unpaired) electrons. The molecule has 8 aromatic rings. The van der Waals surface area contributed by atoms with E-state index in [2.05, 4.69) is 177 Å². The summed E-state index contributed by atoms with van der Waals surface area (Å²) in [6.07, 6.45) is 0. The highest BCUT2D eigenvalue weighted by Gasteiger charge is 2.42. The molecule has 2 heterocycles. The minimum Gasteiger partial charge on any atom is -0.237 e. The fourth-order valence-corrected chi connectivity index (χ4v) is 10.3. The highest BCUT2D eigenvalue weighted by molar-refractivity contribution is 7.03. The lowest BCUT2D eigenvalue weighted by Crippen LogP contribution is -2.51. The quantitative estimate of drug-likeness (QED) is 0.175. The van der Waals surface area contributed by atoms with Crippen molar-refractivity contribution in [1.29, 1.82) is 0 Å². The third kappa shape index (κ3) is 5.11. The molecule has 1 aromatic heterocycles. The van der Waals surface area contributed by atoms with Gasteiger partial charge >= 0.3 is 0 Å². The van der Waals surface area contributed by atoms with E-state index >= 15 is 0 Å². The van der Waals surface area contributed by atoms with Gasteiger partial charge in [0.15, 0.2) is 5.82 Å². The van der Waals surface area contributed by atoms with Crippen LogP contribution in [0.15, 0.2) is 170 Å². The first-order valence-corrected chi connectivity index (χ1v) is 19.9. The van der Waals surface area contributed by atoms with Gasteiger partial charge in [-0.05, 0) is 73.1 Å². The van der Waals surface area contributed by atoms with Crippen molar-refractivity contribution in [2.45, 2.75) is 13.1 Å². The van der Waals surface area contributed by atoms with Crippen LogP contribution in [0.3, 0.4) is 0 Å². The number of benzene rings is 7. The highest BCUT2D eigenvalue weighted by atomic mass is 28.3. The van der Waals surface area contributed by atoms with Gasteiger partial charge in [-0.3, -0.25) is 0 Å². The van der Waals surface area contributed by atoms with E-state index < -0.39 is 8.07 Å². The second kappa shape index (κ2) is 11.7. The zero-order chi connectivity index (χ0) is 33.0. The summed E-state index contributed by atoms with van der Waals surface area (Å²) in [6.45, 7) is 4.87. The number of hydrogen-bond donors (Lipinski definition) is 0. The molecule has 232 valence electrons. The van der Waals surface area contributed by atoms with Gasteiger partial charge in [-0.1, -0.05) is 165 Å². The molecule has 0 spiro atoms. The largest absolute Gasteiger partial charge is 0.237 e. The normalized spacial score (nSPS) is 12.9. The molecule has 0 fully saturated rings. The van der Waals surface area contributed by atoms with Crippen LogP contribution in [0.25, 0.3) is 77.9 Å². The second-order valence-electron chi connectivity index (χ2n) is 13.5. The van der Waals surface area contributed by atoms with E-state index in [0.717, 1.165) is 22.6 Å². The van der Waals surface area contributed by atoms with E-state index in [4.69, 9.17) is 9.97 Å². The Hall–Kier alpha value is -5.90. The Labute approximate surface area is 288 Å². The van der Waals surface area contributed by atoms with Crippen LogP contribution in [0.2, 0.25) is 13.1 Å². The molecule has 1 aliphatic rings. The van der Waals surface area contributed by atoms with Crippen LogP contribution in [0.5, 0.6) is 0 Å². The Bertz CT molecular complexity index is 2500. The lowest BCUT2D eigenvalue weighted by molar-refractivity contribution is 1.21. The number of nitrogens with zero attached hydrogens (tertiary/aromatic N) is 2. The molecule has 0 saturated heterocycles. The summed E-state index contributed by atoms with van der Waals surface area (Å²) in [4.78, 5) is 10.7. The topological polar surface area (TPSA) is 25.8 Å². The molecule has 9 rings (SSSR count). The first-order valence-electron chi connectivity index (χ1n) is 16.9. The predicted octanol–water partition coefficient (Wildman–Crippen LogP) is 10.8. The first-order chi connectivity index (χ1) is 24.0. The smallest absolute Gasteiger partial charge is 0.159 e. The fourth-order valence-electron chi connectivity index (χ4n) is 7.40. The molecule has 7 aromatic carbocycles. The minimum absolute atomic E-state index is 0.790. The van der Waals surface area contributed by atoms with Gasteiger partial charge < -0.3 is 0 Å². The van der Waals surface area contributed by atoms with Crippen LogP contribution in [-0.4, -0.2) is 18.0 Å². The highest BCUT2D eigenvalue weighted by Crippen LogP contribution is 2.39. The van der Waals surface area contributed by atoms with E-state index in [1.807, 2.05) is 6.07 Å². The van der Waals surface area contributed by atoms with Gasteiger partial charge in [0.2, 0.25) is 0 Å². The van der Waals surface area contributed by atoms with Gasteiger partial charge in [0.05, 0.1) is 5.69 Å². The second-order valence-corrected chi connectivity index (χ2v) is 17.7. The number of fused-ring (bicyclic) bond motifs is 4. The van der Waals surface area contributed by atoms with Crippen LogP contribution >= 0.6 is 0 Å². The predicted molar refractivity (Wildman–Crippen MR) is 209 cm³/mol. The summed E-state index contributed by atoms with van der Waals surface area (Å²) in [5.41, 5.74) is 12.8. The Morgan fingerprint density at radius 2 is 0.857 bits per heavy atom. The van der Waals surface area contributed by atoms with Crippen molar-refractivity contribution in [1.82, 2.24) is 9.97 Å². The van der Waals surface area contributed by atoms with Crippen LogP contribution in [-0.2, 0) is 0 Å². The van der Waals surface area contributed by atoms with Crippen LogP contribution in [0.1, 0.15) is 0 Å². The Morgan fingerprint density at radius 1 is 0.388 bits per heavy atom. The third-order valence-corrected chi connectivity index (χ3v) is 13.3. The summed E-state index contributed by atoms with van der Waals surface area (Å²) < 4.78 is 0. The van der Waals surface area contributed by atoms with Crippen molar-refractivity contribution in [3.05, 3.63) is 170 Å². The maximum atomic E-state index is 5.37. The van der Waals surface area contributed by atoms with E-state index in [1.54, 1.807) is 0 Å². The SMILES string of the molecule is C[Si]1(C)c2cc3ccccc3cc2-c2c(-c3cccc(-c4cccc(-c5ccc(-c6ccccc6)cc5)c4)c3)nc(-c3ccccc3)nc21. The lowest BCUT2D eigenvalue weighted by Gasteiger charge is -2.19. The average molecular weight is 643 g/mol. The van der Waals surface area contributed by atoms with Crippen molar-refractivity contribution in [2.75, 3.05) is 0 Å². The minimum atomic E-state index is -2.13. The van der Waals surface area contributed by atoms with Gasteiger partial charge in [0.1, 0.15) is 8.07 Å². The Balaban J connectivity index is 1.17. The van der Waals surface area contributed by atoms with Crippen molar-refractivity contribution >= 4 is 29.4 Å². The monoisotopic (exact) mass is 642 g/mol. The van der Waals surface area contributed by atoms with Crippen molar-refractivity contribution in [3.8, 4) is 67.2 Å². The van der Waals surface area contributed by atoms with Gasteiger partial charge in [-0.15, -0.1) is 0 Å². The molecular weight excluding hydrogens is 609 g/mol. The Kier molecular flexibility index (Phi) is 6.96. The molecule has 49 heavy (non-hydrogen) atoms. The zero-order valence-electron chi connectivity index (χ0n) is 27.6. The van der Waals surface area contributed by atoms with Gasteiger partial charge in [-0.2, -0.15) is 0 Å². The van der Waals surface area contributed by atoms with E-state index in [-0.39, 0.29) is 0 Å². The van der Waals surface area contributed by atoms with Gasteiger partial charge in [-0.25, -0.2) is 9.97 Å². The molecule has 0 bridgehead atoms. The summed E-state index contributed by atoms with van der Waals surface area (Å²) in [7, 11) is -2.13. The van der Waals surface area contributed by atoms with Crippen molar-refractivity contribution < 1.29 is 0 Å². The molecule has 0 N–H and O–H groups in total. The van der Waals surface area contributed by atoms with Crippen molar-refractivity contribution in [2.24, 2.45) is 0 Å². The molecule has 0 saturated carbocycles. The van der Waals surface area contributed by atoms with Gasteiger partial charge in [0.25, 0.3) is 0 Å². The zero-order valence-corrected chi connectivity index (χ0v) is 28.6. The molecule has 2 nitrogen and oxygen atoms in total. The first kappa shape index (κ1) is 29.3. The number of aromatic nitrogens is 2. The maximum Gasteiger partial charge on any atom is 0.159 e. The van der Waals surface area contributed by atoms with E-state index in [1.165, 1.54) is 65.8 Å². The summed E-state index contributed by atoms with van der Waals surface area (Å²) in [5, 5.41) is 5.18. The Morgan fingerprint density at radius 3 is 1.51 bits per heavy atom. The number of rotatable bonds is 5. The molecule has 0 atom stereocenters. The van der Waals surface area contributed by atoms with E-state index in [0.29, 0.717) is 0 Å². The lowest BCUT2D eigenvalue weighted by atomic mass is 9.94. The standard InChI is InChI=1S/C46H34N2Si/c1-49(2)42-30-39-18-10-9-17-38(39)29-41(42)43-44(47-45(48-46(43)49)34-15-7-4-8-16-34)40-22-12-21-37(28-40)36-20-11-19-35(27-36)33-25-23-32(24-26-33)31-13-5-3-6-14-31/h3-30H,1-2H3. The molecule has 0 unspecified atom stereocenters. The van der Waals surface area contributed by atoms with Gasteiger partial charge in [0, 0.05) is 22.0 Å². The van der Waals surface area contributed by atoms with E-state index in [9.17, 15) is 0 Å². The molecule has 3 heteroatoms. The van der Waals surface area contributed by atoms with Crippen molar-refractivity contribution in [3.63, 3.8) is 0 Å². The van der Waals surface area contributed by atoms with Crippen LogP contribution in [0, 0.1) is 0 Å². The van der Waals surface area contributed by atoms with Crippen LogP contribution < -0.4 is 10.5 Å². The summed E-state index contributed by atoms with van der Waals surface area (Å²) >= 11 is 0. The summed E-state index contributed by atoms with van der Waals surface area (Å²) in [6, 6.07) is 61.1. The maximum absolute atomic E-state index is 5.37. The molecular formula is C46H34N2Si. The molecule has 0 aliphatic carbocycles. The third-order valence-electron chi connectivity index (χ3n) is 10.0. The molecule has 0 amide bonds. The van der Waals surface area contributed by atoms with Crippen LogP contribution in [0.4, 0.5) is 0 Å². The summed E-state index contributed by atoms with van der Waals surface area (Å²) in [5.74, 6) is 0.790. The number of hydrogen-bond acceptors (Lipinski definition) is 2. The fraction of sp³-hybridized carbons (Fsp3) is 0.0435. The average Bonchev–Trinajstić information content (AvgIpc) is 3.39.